The van der Waals surface area contributed by atoms with E-state index in [-0.39, 0.29) is 28.2 Å². The first-order valence-electron chi connectivity index (χ1n) is 8.07. The largest absolute Gasteiger partial charge is 0.504 e. The minimum absolute atomic E-state index is 0.0150. The van der Waals surface area contributed by atoms with Gasteiger partial charge < -0.3 is 15.2 Å². The summed E-state index contributed by atoms with van der Waals surface area (Å²) in [4.78, 5) is 12.2. The van der Waals surface area contributed by atoms with E-state index in [1.807, 2.05) is 0 Å². The van der Waals surface area contributed by atoms with Gasteiger partial charge in [0.05, 0.1) is 12.1 Å². The fourth-order valence-corrected chi connectivity index (χ4v) is 3.22. The quantitative estimate of drug-likeness (QED) is 0.629. The molecule has 144 valence electrons. The summed E-state index contributed by atoms with van der Waals surface area (Å²) in [5, 5.41) is 21.1. The zero-order chi connectivity index (χ0) is 20.1. The molecule has 0 saturated heterocycles. The van der Waals surface area contributed by atoms with Crippen molar-refractivity contribution in [2.45, 2.75) is 6.54 Å². The van der Waals surface area contributed by atoms with E-state index in [1.54, 1.807) is 30.3 Å². The lowest BCUT2D eigenvalue weighted by Gasteiger charge is -2.03. The predicted octanol–water partition coefficient (Wildman–Crippen LogP) is 4.06. The molecule has 1 amide bonds. The molecule has 0 aliphatic carbocycles. The molecule has 6 nitrogen and oxygen atoms in total. The van der Waals surface area contributed by atoms with Crippen LogP contribution in [0.5, 0.6) is 11.5 Å². The molecule has 0 atom stereocenters. The van der Waals surface area contributed by atoms with Gasteiger partial charge in [0, 0.05) is 6.54 Å². The zero-order valence-corrected chi connectivity index (χ0v) is 16.2. The normalized spacial score (nSPS) is 11.3. The Balaban J connectivity index is 1.67. The van der Waals surface area contributed by atoms with Gasteiger partial charge in [-0.05, 0) is 41.5 Å². The van der Waals surface area contributed by atoms with Crippen molar-refractivity contribution in [2.24, 2.45) is 0 Å². The van der Waals surface area contributed by atoms with Crippen LogP contribution < -0.4 is 10.1 Å². The number of halogens is 2. The van der Waals surface area contributed by atoms with E-state index in [4.69, 9.17) is 16.3 Å². The van der Waals surface area contributed by atoms with E-state index in [0.717, 1.165) is 16.9 Å². The number of rotatable bonds is 6. The first-order valence-corrected chi connectivity index (χ1v) is 9.26. The summed E-state index contributed by atoms with van der Waals surface area (Å²) in [7, 11) is 1.46. The van der Waals surface area contributed by atoms with Crippen molar-refractivity contribution in [3.63, 3.8) is 0 Å². The summed E-state index contributed by atoms with van der Waals surface area (Å²) in [5.74, 6) is -0.404. The molecule has 9 heteroatoms. The van der Waals surface area contributed by atoms with Gasteiger partial charge in [-0.3, -0.25) is 4.79 Å². The summed E-state index contributed by atoms with van der Waals surface area (Å²) in [6.45, 7) is 0.239. The van der Waals surface area contributed by atoms with Gasteiger partial charge >= 0.3 is 0 Å². The average Bonchev–Trinajstić information content (AvgIpc) is 3.18. The van der Waals surface area contributed by atoms with Gasteiger partial charge in [-0.1, -0.05) is 41.1 Å². The van der Waals surface area contributed by atoms with Crippen LogP contribution in [0.25, 0.3) is 11.1 Å². The molecule has 0 aliphatic heterocycles. The lowest BCUT2D eigenvalue weighted by atomic mass is 10.2. The number of nitrogens with one attached hydrogen (secondary N) is 1. The van der Waals surface area contributed by atoms with Crippen LogP contribution >= 0.6 is 22.9 Å². The monoisotopic (exact) mass is 419 g/mol. The van der Waals surface area contributed by atoms with Gasteiger partial charge in [0.2, 0.25) is 5.01 Å². The van der Waals surface area contributed by atoms with E-state index in [2.05, 4.69) is 15.5 Å². The van der Waals surface area contributed by atoms with Crippen molar-refractivity contribution in [3.8, 4) is 11.5 Å². The molecule has 28 heavy (non-hydrogen) atoms. The van der Waals surface area contributed by atoms with E-state index < -0.39 is 5.91 Å². The van der Waals surface area contributed by atoms with Crippen LogP contribution in [0.4, 0.5) is 4.39 Å². The van der Waals surface area contributed by atoms with Crippen molar-refractivity contribution >= 4 is 40.0 Å². The van der Waals surface area contributed by atoms with Gasteiger partial charge in [0.25, 0.3) is 5.91 Å². The molecule has 3 aromatic rings. The molecule has 0 radical (unpaired) electrons. The van der Waals surface area contributed by atoms with Gasteiger partial charge in [0.15, 0.2) is 16.5 Å². The molecule has 2 N–H and O–H groups in total. The van der Waals surface area contributed by atoms with Gasteiger partial charge in [-0.2, -0.15) is 0 Å². The minimum atomic E-state index is -0.403. The third-order valence-electron chi connectivity index (χ3n) is 3.69. The van der Waals surface area contributed by atoms with E-state index >= 15 is 0 Å². The molecule has 3 rings (SSSR count). The molecular weight excluding hydrogens is 405 g/mol. The molecule has 0 aliphatic rings. The van der Waals surface area contributed by atoms with Crippen LogP contribution in [0.1, 0.15) is 25.9 Å². The second-order valence-corrected chi connectivity index (χ2v) is 7.03. The molecule has 2 aromatic carbocycles. The average molecular weight is 420 g/mol. The van der Waals surface area contributed by atoms with E-state index in [0.29, 0.717) is 16.3 Å². The molecule has 1 heterocycles. The maximum atomic E-state index is 12.9. The predicted molar refractivity (Wildman–Crippen MR) is 106 cm³/mol. The van der Waals surface area contributed by atoms with Crippen molar-refractivity contribution in [2.75, 3.05) is 7.11 Å². The maximum absolute atomic E-state index is 12.9. The topological polar surface area (TPSA) is 84.3 Å². The number of amides is 1. The summed E-state index contributed by atoms with van der Waals surface area (Å²) >= 11 is 7.30. The molecule has 0 unspecified atom stereocenters. The number of aromatic nitrogens is 2. The standard InChI is InChI=1S/C19H15ClFN3O3S/c1-27-16-7-4-12(9-15(16)25)8-14(20)18-23-24-19(28-18)17(26)22-10-11-2-5-13(21)6-3-11/h2-9,25H,10H2,1H3,(H,22,26). The highest BCUT2D eigenvalue weighted by Gasteiger charge is 2.14. The highest BCUT2D eigenvalue weighted by Crippen LogP contribution is 2.30. The molecule has 0 spiro atoms. The van der Waals surface area contributed by atoms with Crippen molar-refractivity contribution < 1.29 is 19.0 Å². The van der Waals surface area contributed by atoms with Gasteiger partial charge in [0.1, 0.15) is 5.82 Å². The number of methoxy groups -OCH3 is 1. The third kappa shape index (κ3) is 4.85. The number of carbonyl (C=O) groups is 1. The van der Waals surface area contributed by atoms with Crippen molar-refractivity contribution in [1.29, 1.82) is 0 Å². The Hall–Kier alpha value is -2.97. The summed E-state index contributed by atoms with van der Waals surface area (Å²) < 4.78 is 17.9. The molecular formula is C19H15ClFN3O3S. The fraction of sp³-hybridized carbons (Fsp3) is 0.105. The number of phenols is 1. The number of benzene rings is 2. The number of carbonyl (C=O) groups excluding carboxylic acids is 1. The number of nitrogens with zero attached hydrogens (tertiary/aromatic N) is 2. The second kappa shape index (κ2) is 8.81. The van der Waals surface area contributed by atoms with E-state index in [1.165, 1.54) is 25.3 Å². The van der Waals surface area contributed by atoms with Crippen LogP contribution in [-0.2, 0) is 6.54 Å². The Labute approximate surface area is 169 Å². The lowest BCUT2D eigenvalue weighted by molar-refractivity contribution is 0.0950. The minimum Gasteiger partial charge on any atom is -0.504 e. The number of ether oxygens (including phenoxy) is 1. The van der Waals surface area contributed by atoms with Gasteiger partial charge in [-0.25, -0.2) is 4.39 Å². The fourth-order valence-electron chi connectivity index (χ4n) is 2.28. The second-order valence-electron chi connectivity index (χ2n) is 5.65. The Morgan fingerprint density at radius 3 is 2.64 bits per heavy atom. The summed E-state index contributed by atoms with van der Waals surface area (Å²) in [6, 6.07) is 10.7. The summed E-state index contributed by atoms with van der Waals surface area (Å²) in [5.41, 5.74) is 1.40. The highest BCUT2D eigenvalue weighted by atomic mass is 35.5. The highest BCUT2D eigenvalue weighted by molar-refractivity contribution is 7.15. The number of hydrogen-bond acceptors (Lipinski definition) is 6. The Kier molecular flexibility index (Phi) is 6.23. The van der Waals surface area contributed by atoms with Crippen LogP contribution in [0, 0.1) is 5.82 Å². The number of aromatic hydroxyl groups is 1. The Morgan fingerprint density at radius 2 is 1.96 bits per heavy atom. The Bertz CT molecular complexity index is 1020. The zero-order valence-electron chi connectivity index (χ0n) is 14.6. The summed E-state index contributed by atoms with van der Waals surface area (Å²) in [6.07, 6.45) is 1.60. The van der Waals surface area contributed by atoms with Crippen LogP contribution in [-0.4, -0.2) is 28.3 Å². The van der Waals surface area contributed by atoms with Crippen LogP contribution in [0.15, 0.2) is 42.5 Å². The van der Waals surface area contributed by atoms with Crippen LogP contribution in [0.3, 0.4) is 0 Å². The van der Waals surface area contributed by atoms with Gasteiger partial charge in [-0.15, -0.1) is 10.2 Å². The molecule has 1 aromatic heterocycles. The number of phenolic OH excluding ortho intramolecular Hbond substituents is 1. The Morgan fingerprint density at radius 1 is 1.25 bits per heavy atom. The SMILES string of the molecule is COc1ccc(C=C(Cl)c2nnc(C(=O)NCc3ccc(F)cc3)s2)cc1O. The molecule has 0 saturated carbocycles. The first kappa shape index (κ1) is 19.8. The first-order chi connectivity index (χ1) is 13.5. The molecule has 0 fully saturated rings. The smallest absolute Gasteiger partial charge is 0.282 e. The maximum Gasteiger partial charge on any atom is 0.282 e. The third-order valence-corrected chi connectivity index (χ3v) is 5.04. The van der Waals surface area contributed by atoms with E-state index in [9.17, 15) is 14.3 Å². The van der Waals surface area contributed by atoms with Crippen molar-refractivity contribution in [3.05, 3.63) is 69.4 Å². The molecule has 0 bridgehead atoms. The number of hydrogen-bond donors (Lipinski definition) is 2. The lowest BCUT2D eigenvalue weighted by Crippen LogP contribution is -2.22. The van der Waals surface area contributed by atoms with Crippen LogP contribution in [0.2, 0.25) is 0 Å². The van der Waals surface area contributed by atoms with Crippen molar-refractivity contribution in [1.82, 2.24) is 15.5 Å².